The van der Waals surface area contributed by atoms with E-state index in [1.807, 2.05) is 19.1 Å². The first-order chi connectivity index (χ1) is 10.2. The Kier molecular flexibility index (Phi) is 3.12. The lowest BCUT2D eigenvalue weighted by Crippen LogP contribution is -2.10. The van der Waals surface area contributed by atoms with Gasteiger partial charge in [-0.15, -0.1) is 0 Å². The summed E-state index contributed by atoms with van der Waals surface area (Å²) in [5, 5.41) is 12.1. The zero-order valence-corrected chi connectivity index (χ0v) is 11.3. The molecule has 0 saturated heterocycles. The highest BCUT2D eigenvalue weighted by molar-refractivity contribution is 5.83. The maximum Gasteiger partial charge on any atom is 0.224 e. The van der Waals surface area contributed by atoms with Gasteiger partial charge < -0.3 is 16.0 Å². The van der Waals surface area contributed by atoms with Crippen LogP contribution in [0.2, 0.25) is 0 Å². The molecule has 0 aliphatic carbocycles. The van der Waals surface area contributed by atoms with Crippen molar-refractivity contribution in [3.05, 3.63) is 41.7 Å². The van der Waals surface area contributed by atoms with Gasteiger partial charge in [0.1, 0.15) is 5.52 Å². The maximum absolute atomic E-state index is 8.82. The number of anilines is 2. The number of nitrogens with one attached hydrogen (secondary N) is 2. The second-order valence-electron chi connectivity index (χ2n) is 4.63. The molecule has 2 aromatic heterocycles. The molecule has 1 unspecified atom stereocenters. The third-order valence-electron chi connectivity index (χ3n) is 3.20. The molecular weight excluding hydrogens is 266 g/mol. The van der Waals surface area contributed by atoms with Crippen molar-refractivity contribution in [2.24, 2.45) is 0 Å². The Morgan fingerprint density at radius 1 is 1.29 bits per heavy atom. The van der Waals surface area contributed by atoms with Crippen molar-refractivity contribution in [3.63, 3.8) is 0 Å². The number of nitriles is 1. The van der Waals surface area contributed by atoms with Crippen LogP contribution in [-0.4, -0.2) is 19.9 Å². The van der Waals surface area contributed by atoms with E-state index in [9.17, 15) is 0 Å². The van der Waals surface area contributed by atoms with Gasteiger partial charge in [-0.25, -0.2) is 4.98 Å². The van der Waals surface area contributed by atoms with Gasteiger partial charge in [0, 0.05) is 0 Å². The van der Waals surface area contributed by atoms with E-state index in [2.05, 4.69) is 31.3 Å². The first-order valence-corrected chi connectivity index (χ1v) is 6.40. The number of aromatic nitrogens is 4. The van der Waals surface area contributed by atoms with E-state index in [0.29, 0.717) is 22.5 Å². The fourth-order valence-corrected chi connectivity index (χ4v) is 2.09. The topological polar surface area (TPSA) is 116 Å². The number of hydrogen-bond acceptors (Lipinski definition) is 6. The minimum absolute atomic E-state index is 0.00135. The molecule has 0 radical (unpaired) electrons. The Bertz CT molecular complexity index is 813. The third-order valence-corrected chi connectivity index (χ3v) is 3.20. The van der Waals surface area contributed by atoms with Crippen LogP contribution in [0.3, 0.4) is 0 Å². The molecular formula is C14H13N7. The largest absolute Gasteiger partial charge is 0.368 e. The SMILES string of the molecule is CC(Nc1nc(N)nc2nc[nH]c12)c1ccc(C#N)cc1. The lowest BCUT2D eigenvalue weighted by molar-refractivity contribution is 0.875. The summed E-state index contributed by atoms with van der Waals surface area (Å²) in [5.41, 5.74) is 8.59. The first kappa shape index (κ1) is 12.9. The van der Waals surface area contributed by atoms with Crippen LogP contribution < -0.4 is 11.1 Å². The number of H-pyrrole nitrogens is 1. The van der Waals surface area contributed by atoms with Gasteiger partial charge in [-0.2, -0.15) is 15.2 Å². The summed E-state index contributed by atoms with van der Waals surface area (Å²) in [7, 11) is 0. The Balaban J connectivity index is 1.90. The number of nitrogens with zero attached hydrogens (tertiary/aromatic N) is 4. The fraction of sp³-hybridized carbons (Fsp3) is 0.143. The second-order valence-corrected chi connectivity index (χ2v) is 4.63. The quantitative estimate of drug-likeness (QED) is 0.675. The number of imidazole rings is 1. The van der Waals surface area contributed by atoms with E-state index in [1.54, 1.807) is 18.5 Å². The fourth-order valence-electron chi connectivity index (χ4n) is 2.09. The normalized spacial score (nSPS) is 12.0. The van der Waals surface area contributed by atoms with Crippen LogP contribution in [0.25, 0.3) is 11.2 Å². The van der Waals surface area contributed by atoms with Gasteiger partial charge in [-0.05, 0) is 24.6 Å². The minimum atomic E-state index is -0.00135. The number of nitrogens with two attached hydrogens (primary N) is 1. The molecule has 7 heteroatoms. The van der Waals surface area contributed by atoms with Crippen molar-refractivity contribution >= 4 is 22.9 Å². The zero-order valence-electron chi connectivity index (χ0n) is 11.3. The molecule has 1 atom stereocenters. The van der Waals surface area contributed by atoms with Crippen LogP contribution in [0.1, 0.15) is 24.1 Å². The third kappa shape index (κ3) is 2.47. The van der Waals surface area contributed by atoms with Gasteiger partial charge in [0.2, 0.25) is 5.95 Å². The van der Waals surface area contributed by atoms with Gasteiger partial charge in [0.05, 0.1) is 24.0 Å². The molecule has 0 aliphatic heterocycles. The molecule has 104 valence electrons. The Morgan fingerprint density at radius 3 is 2.76 bits per heavy atom. The van der Waals surface area contributed by atoms with Crippen LogP contribution >= 0.6 is 0 Å². The number of nitrogen functional groups attached to an aromatic ring is 1. The molecule has 2 heterocycles. The van der Waals surface area contributed by atoms with Gasteiger partial charge in [0.25, 0.3) is 0 Å². The second kappa shape index (κ2) is 5.09. The van der Waals surface area contributed by atoms with Crippen molar-refractivity contribution in [2.75, 3.05) is 11.1 Å². The number of rotatable bonds is 3. The molecule has 7 nitrogen and oxygen atoms in total. The lowest BCUT2D eigenvalue weighted by Gasteiger charge is -2.15. The van der Waals surface area contributed by atoms with Crippen LogP contribution in [0.15, 0.2) is 30.6 Å². The van der Waals surface area contributed by atoms with Crippen LogP contribution in [0.4, 0.5) is 11.8 Å². The first-order valence-electron chi connectivity index (χ1n) is 6.40. The summed E-state index contributed by atoms with van der Waals surface area (Å²) in [6.07, 6.45) is 1.55. The number of fused-ring (bicyclic) bond motifs is 1. The number of hydrogen-bond donors (Lipinski definition) is 3. The monoisotopic (exact) mass is 279 g/mol. The Hall–Kier alpha value is -3.14. The van der Waals surface area contributed by atoms with Gasteiger partial charge in [0.15, 0.2) is 11.5 Å². The Morgan fingerprint density at radius 2 is 2.05 bits per heavy atom. The highest BCUT2D eigenvalue weighted by Crippen LogP contribution is 2.23. The molecule has 0 bridgehead atoms. The predicted octanol–water partition coefficient (Wildman–Crippen LogP) is 1.98. The Labute approximate surface area is 120 Å². The molecule has 3 rings (SSSR count). The average Bonchev–Trinajstić information content (AvgIpc) is 2.95. The van der Waals surface area contributed by atoms with E-state index in [1.165, 1.54) is 0 Å². The van der Waals surface area contributed by atoms with E-state index >= 15 is 0 Å². The summed E-state index contributed by atoms with van der Waals surface area (Å²) in [4.78, 5) is 15.3. The summed E-state index contributed by atoms with van der Waals surface area (Å²) >= 11 is 0. The van der Waals surface area contributed by atoms with E-state index in [-0.39, 0.29) is 12.0 Å². The molecule has 0 saturated carbocycles. The van der Waals surface area contributed by atoms with Crippen molar-refractivity contribution in [1.29, 1.82) is 5.26 Å². The molecule has 1 aromatic carbocycles. The predicted molar refractivity (Wildman–Crippen MR) is 79.3 cm³/mol. The molecule has 21 heavy (non-hydrogen) atoms. The van der Waals surface area contributed by atoms with Gasteiger partial charge >= 0.3 is 0 Å². The van der Waals surface area contributed by atoms with Crippen molar-refractivity contribution in [1.82, 2.24) is 19.9 Å². The average molecular weight is 279 g/mol. The highest BCUT2D eigenvalue weighted by Gasteiger charge is 2.12. The van der Waals surface area contributed by atoms with Gasteiger partial charge in [-0.1, -0.05) is 12.1 Å². The molecule has 0 fully saturated rings. The standard InChI is InChI=1S/C14H13N7/c1-8(10-4-2-9(6-15)3-5-10)19-13-11-12(18-7-17-11)20-14(16)21-13/h2-5,7-8H,1H3,(H4,16,17,18,19,20,21). The van der Waals surface area contributed by atoms with Crippen LogP contribution in [0.5, 0.6) is 0 Å². The maximum atomic E-state index is 8.82. The summed E-state index contributed by atoms with van der Waals surface area (Å²) < 4.78 is 0. The summed E-state index contributed by atoms with van der Waals surface area (Å²) in [5.74, 6) is 0.774. The zero-order chi connectivity index (χ0) is 14.8. The van der Waals surface area contributed by atoms with Crippen LogP contribution in [-0.2, 0) is 0 Å². The lowest BCUT2D eigenvalue weighted by atomic mass is 10.1. The van der Waals surface area contributed by atoms with Crippen molar-refractivity contribution < 1.29 is 0 Å². The van der Waals surface area contributed by atoms with E-state index in [4.69, 9.17) is 11.0 Å². The molecule has 0 aliphatic rings. The van der Waals surface area contributed by atoms with E-state index in [0.717, 1.165) is 5.56 Å². The van der Waals surface area contributed by atoms with E-state index < -0.39 is 0 Å². The van der Waals surface area contributed by atoms with Crippen molar-refractivity contribution in [2.45, 2.75) is 13.0 Å². The van der Waals surface area contributed by atoms with Gasteiger partial charge in [-0.3, -0.25) is 0 Å². The highest BCUT2D eigenvalue weighted by atomic mass is 15.1. The molecule has 4 N–H and O–H groups in total. The number of aromatic amines is 1. The summed E-state index contributed by atoms with van der Waals surface area (Å²) in [6.45, 7) is 2.00. The van der Waals surface area contributed by atoms with Crippen molar-refractivity contribution in [3.8, 4) is 6.07 Å². The number of benzene rings is 1. The smallest absolute Gasteiger partial charge is 0.224 e. The summed E-state index contributed by atoms with van der Waals surface area (Å²) in [6, 6.07) is 9.48. The molecule has 0 amide bonds. The molecule has 3 aromatic rings. The van der Waals surface area contributed by atoms with Crippen LogP contribution in [0, 0.1) is 11.3 Å². The molecule has 0 spiro atoms. The minimum Gasteiger partial charge on any atom is -0.368 e.